The maximum atomic E-state index is 11.9. The fourth-order valence-corrected chi connectivity index (χ4v) is 2.34. The first kappa shape index (κ1) is 15.5. The van der Waals surface area contributed by atoms with E-state index in [1.54, 1.807) is 0 Å². The molecule has 6 nitrogen and oxygen atoms in total. The smallest absolute Gasteiger partial charge is 0.326 e. The molecule has 1 amide bonds. The standard InChI is InChI=1S/C13H21NO5/c1-8-2-4-9(5-3-8)12(17)14-10(13(18)19)6-7-11(15)16/h8-10H,2-7H2,1H3,(H,14,17)(H,15,16)(H,18,19). The topological polar surface area (TPSA) is 104 Å². The highest BCUT2D eigenvalue weighted by molar-refractivity contribution is 5.85. The van der Waals surface area contributed by atoms with Crippen LogP contribution in [0.4, 0.5) is 0 Å². The second-order valence-electron chi connectivity index (χ2n) is 5.29. The van der Waals surface area contributed by atoms with E-state index in [-0.39, 0.29) is 24.7 Å². The molecular weight excluding hydrogens is 250 g/mol. The molecule has 6 heteroatoms. The normalized spacial score (nSPS) is 24.5. The van der Waals surface area contributed by atoms with E-state index < -0.39 is 18.0 Å². The molecule has 0 radical (unpaired) electrons. The van der Waals surface area contributed by atoms with Crippen LogP contribution in [0.25, 0.3) is 0 Å². The molecule has 0 bridgehead atoms. The van der Waals surface area contributed by atoms with E-state index in [2.05, 4.69) is 12.2 Å². The summed E-state index contributed by atoms with van der Waals surface area (Å²) in [6.07, 6.45) is 3.16. The fraction of sp³-hybridized carbons (Fsp3) is 0.769. The average molecular weight is 271 g/mol. The van der Waals surface area contributed by atoms with Gasteiger partial charge in [0.15, 0.2) is 0 Å². The van der Waals surface area contributed by atoms with E-state index in [0.29, 0.717) is 5.92 Å². The van der Waals surface area contributed by atoms with Crippen molar-refractivity contribution >= 4 is 17.8 Å². The molecule has 0 aliphatic heterocycles. The van der Waals surface area contributed by atoms with Gasteiger partial charge >= 0.3 is 11.9 Å². The van der Waals surface area contributed by atoms with E-state index in [0.717, 1.165) is 25.7 Å². The van der Waals surface area contributed by atoms with Gasteiger partial charge in [0.05, 0.1) is 0 Å². The van der Waals surface area contributed by atoms with Crippen LogP contribution in [0, 0.1) is 11.8 Å². The number of rotatable bonds is 6. The Morgan fingerprint density at radius 1 is 1.16 bits per heavy atom. The number of aliphatic carboxylic acids is 2. The number of hydrogen-bond acceptors (Lipinski definition) is 3. The zero-order valence-electron chi connectivity index (χ0n) is 11.1. The summed E-state index contributed by atoms with van der Waals surface area (Å²) in [7, 11) is 0. The Morgan fingerprint density at radius 3 is 2.21 bits per heavy atom. The molecule has 1 aliphatic rings. The summed E-state index contributed by atoms with van der Waals surface area (Å²) in [5, 5.41) is 20.0. The number of carboxylic acid groups (broad SMARTS) is 2. The van der Waals surface area contributed by atoms with E-state index >= 15 is 0 Å². The highest BCUT2D eigenvalue weighted by atomic mass is 16.4. The Hall–Kier alpha value is -1.59. The summed E-state index contributed by atoms with van der Waals surface area (Å²) in [5.74, 6) is -2.02. The van der Waals surface area contributed by atoms with Crippen molar-refractivity contribution in [3.8, 4) is 0 Å². The second-order valence-corrected chi connectivity index (χ2v) is 5.29. The molecule has 0 heterocycles. The summed E-state index contributed by atoms with van der Waals surface area (Å²) >= 11 is 0. The lowest BCUT2D eigenvalue weighted by atomic mass is 9.82. The van der Waals surface area contributed by atoms with E-state index in [4.69, 9.17) is 10.2 Å². The minimum Gasteiger partial charge on any atom is -0.481 e. The van der Waals surface area contributed by atoms with Crippen LogP contribution < -0.4 is 5.32 Å². The van der Waals surface area contributed by atoms with Crippen molar-refractivity contribution in [2.24, 2.45) is 11.8 Å². The highest BCUT2D eigenvalue weighted by Crippen LogP contribution is 2.28. The van der Waals surface area contributed by atoms with E-state index in [1.165, 1.54) is 0 Å². The molecule has 1 unspecified atom stereocenters. The first-order valence-electron chi connectivity index (χ1n) is 6.65. The van der Waals surface area contributed by atoms with Gasteiger partial charge in [-0.2, -0.15) is 0 Å². The second kappa shape index (κ2) is 7.11. The van der Waals surface area contributed by atoms with Crippen molar-refractivity contribution < 1.29 is 24.6 Å². The highest BCUT2D eigenvalue weighted by Gasteiger charge is 2.28. The van der Waals surface area contributed by atoms with Gasteiger partial charge in [-0.25, -0.2) is 4.79 Å². The van der Waals surface area contributed by atoms with Gasteiger partial charge in [0.1, 0.15) is 6.04 Å². The SMILES string of the molecule is CC1CCC(C(=O)NC(CCC(=O)O)C(=O)O)CC1. The molecule has 108 valence electrons. The van der Waals surface area contributed by atoms with Crippen LogP contribution in [0.2, 0.25) is 0 Å². The average Bonchev–Trinajstić information content (AvgIpc) is 2.34. The Labute approximate surface area is 112 Å². The van der Waals surface area contributed by atoms with Crippen molar-refractivity contribution in [1.82, 2.24) is 5.32 Å². The van der Waals surface area contributed by atoms with Crippen molar-refractivity contribution in [3.05, 3.63) is 0 Å². The predicted octanol–water partition coefficient (Wildman–Crippen LogP) is 1.25. The number of amides is 1. The molecule has 1 saturated carbocycles. The zero-order chi connectivity index (χ0) is 14.4. The lowest BCUT2D eigenvalue weighted by molar-refractivity contribution is -0.143. The van der Waals surface area contributed by atoms with Gasteiger partial charge < -0.3 is 15.5 Å². The first-order valence-corrected chi connectivity index (χ1v) is 6.65. The Balaban J connectivity index is 2.46. The summed E-state index contributed by atoms with van der Waals surface area (Å²) in [4.78, 5) is 33.4. The molecule has 0 aromatic carbocycles. The molecule has 0 spiro atoms. The third-order valence-electron chi connectivity index (χ3n) is 3.65. The third-order valence-corrected chi connectivity index (χ3v) is 3.65. The summed E-state index contributed by atoms with van der Waals surface area (Å²) < 4.78 is 0. The summed E-state index contributed by atoms with van der Waals surface area (Å²) in [6, 6.07) is -1.11. The minimum absolute atomic E-state index is 0.0838. The number of carbonyl (C=O) groups is 3. The van der Waals surface area contributed by atoms with Crippen LogP contribution in [0.1, 0.15) is 45.4 Å². The quantitative estimate of drug-likeness (QED) is 0.674. The lowest BCUT2D eigenvalue weighted by Gasteiger charge is -2.26. The number of carbonyl (C=O) groups excluding carboxylic acids is 1. The number of hydrogen-bond donors (Lipinski definition) is 3. The van der Waals surface area contributed by atoms with Crippen LogP contribution in [0.15, 0.2) is 0 Å². The molecule has 1 aliphatic carbocycles. The Kier molecular flexibility index (Phi) is 5.79. The fourth-order valence-electron chi connectivity index (χ4n) is 2.34. The maximum absolute atomic E-state index is 11.9. The van der Waals surface area contributed by atoms with Gasteiger partial charge in [0.2, 0.25) is 5.91 Å². The molecule has 19 heavy (non-hydrogen) atoms. The van der Waals surface area contributed by atoms with Crippen LogP contribution in [0.5, 0.6) is 0 Å². The van der Waals surface area contributed by atoms with Gasteiger partial charge in [-0.15, -0.1) is 0 Å². The van der Waals surface area contributed by atoms with Crippen LogP contribution >= 0.6 is 0 Å². The van der Waals surface area contributed by atoms with Crippen LogP contribution in [-0.2, 0) is 14.4 Å². The van der Waals surface area contributed by atoms with Crippen molar-refractivity contribution in [1.29, 1.82) is 0 Å². The van der Waals surface area contributed by atoms with Crippen molar-refractivity contribution in [3.63, 3.8) is 0 Å². The Bertz CT molecular complexity index is 347. The minimum atomic E-state index is -1.18. The van der Waals surface area contributed by atoms with Gasteiger partial charge in [-0.05, 0) is 38.0 Å². The molecule has 0 aromatic heterocycles. The first-order chi connectivity index (χ1) is 8.90. The molecule has 0 aromatic rings. The molecule has 1 fully saturated rings. The van der Waals surface area contributed by atoms with Crippen LogP contribution in [-0.4, -0.2) is 34.1 Å². The monoisotopic (exact) mass is 271 g/mol. The van der Waals surface area contributed by atoms with Crippen molar-refractivity contribution in [2.75, 3.05) is 0 Å². The van der Waals surface area contributed by atoms with Gasteiger partial charge in [0.25, 0.3) is 0 Å². The molecular formula is C13H21NO5. The molecule has 0 saturated heterocycles. The molecule has 1 atom stereocenters. The lowest BCUT2D eigenvalue weighted by Crippen LogP contribution is -2.44. The summed E-state index contributed by atoms with van der Waals surface area (Å²) in [6.45, 7) is 2.14. The zero-order valence-corrected chi connectivity index (χ0v) is 11.1. The van der Waals surface area contributed by atoms with Crippen molar-refractivity contribution in [2.45, 2.75) is 51.5 Å². The van der Waals surface area contributed by atoms with Crippen LogP contribution in [0.3, 0.4) is 0 Å². The molecule has 3 N–H and O–H groups in total. The third kappa shape index (κ3) is 5.28. The summed E-state index contributed by atoms with van der Waals surface area (Å²) in [5.41, 5.74) is 0. The van der Waals surface area contributed by atoms with Gasteiger partial charge in [-0.1, -0.05) is 6.92 Å². The van der Waals surface area contributed by atoms with E-state index in [9.17, 15) is 14.4 Å². The van der Waals surface area contributed by atoms with Gasteiger partial charge in [-0.3, -0.25) is 9.59 Å². The maximum Gasteiger partial charge on any atom is 0.326 e. The largest absolute Gasteiger partial charge is 0.481 e. The Morgan fingerprint density at radius 2 is 1.74 bits per heavy atom. The number of carboxylic acids is 2. The van der Waals surface area contributed by atoms with Gasteiger partial charge in [0, 0.05) is 12.3 Å². The number of nitrogens with one attached hydrogen (secondary N) is 1. The molecule has 1 rings (SSSR count). The predicted molar refractivity (Wildman–Crippen MR) is 67.6 cm³/mol. The van der Waals surface area contributed by atoms with E-state index in [1.807, 2.05) is 0 Å².